The van der Waals surface area contributed by atoms with Crippen LogP contribution < -0.4 is 0 Å². The Labute approximate surface area is 300 Å². The highest BCUT2D eigenvalue weighted by molar-refractivity contribution is 5.50. The second-order valence-electron chi connectivity index (χ2n) is 16.7. The Morgan fingerprint density at radius 3 is 1.14 bits per heavy atom. The minimum atomic E-state index is -0.138. The monoisotopic (exact) mass is 659 g/mol. The molecule has 4 aromatic carbocycles. The quantitative estimate of drug-likeness (QED) is 0.113. The largest absolute Gasteiger partial charge is 0.508 e. The van der Waals surface area contributed by atoms with Crippen LogP contribution in [0.3, 0.4) is 0 Å². The van der Waals surface area contributed by atoms with E-state index in [9.17, 15) is 5.11 Å². The van der Waals surface area contributed by atoms with E-state index in [1.54, 1.807) is 0 Å². The van der Waals surface area contributed by atoms with Gasteiger partial charge in [-0.15, -0.1) is 0 Å². The molecule has 0 aliphatic heterocycles. The molecular formula is C48H66O. The summed E-state index contributed by atoms with van der Waals surface area (Å²) in [5, 5.41) is 11.8. The number of hydrogen-bond acceptors (Lipinski definition) is 1. The predicted molar refractivity (Wildman–Crippen MR) is 213 cm³/mol. The van der Waals surface area contributed by atoms with Crippen molar-refractivity contribution in [2.75, 3.05) is 0 Å². The minimum Gasteiger partial charge on any atom is -0.508 e. The topological polar surface area (TPSA) is 20.2 Å². The van der Waals surface area contributed by atoms with Gasteiger partial charge in [-0.3, -0.25) is 0 Å². The summed E-state index contributed by atoms with van der Waals surface area (Å²) in [6.45, 7) is 21.3. The minimum absolute atomic E-state index is 0.0568. The average molecular weight is 659 g/mol. The third kappa shape index (κ3) is 9.68. The van der Waals surface area contributed by atoms with Crippen LogP contribution in [-0.2, 0) is 54.8 Å². The highest BCUT2D eigenvalue weighted by atomic mass is 16.3. The molecule has 0 aromatic heterocycles. The number of hydrogen-bond donors (Lipinski definition) is 1. The molecule has 0 aliphatic rings. The third-order valence-corrected chi connectivity index (χ3v) is 11.0. The van der Waals surface area contributed by atoms with Gasteiger partial charge in [0.05, 0.1) is 0 Å². The van der Waals surface area contributed by atoms with Crippen molar-refractivity contribution >= 4 is 0 Å². The van der Waals surface area contributed by atoms with Crippen molar-refractivity contribution in [3.8, 4) is 5.75 Å². The Balaban J connectivity index is 1.86. The molecule has 0 heterocycles. The summed E-state index contributed by atoms with van der Waals surface area (Å²) in [5.74, 6) is 0.439. The van der Waals surface area contributed by atoms with Crippen molar-refractivity contribution in [3.05, 3.63) is 135 Å². The van der Waals surface area contributed by atoms with Gasteiger partial charge in [0.25, 0.3) is 0 Å². The molecule has 1 N–H and O–H groups in total. The standard InChI is InChI=1S/C48H66O/c1-10-13-22-36-25-16-19-28-42(36)46(4,5)33-39-31-32-45(49)41(35-48(8,9)44-30-21-18-27-38(44)24-15-12-3)40(39)34-47(6,7)43-29-20-17-26-37(43)23-14-11-2/h16-21,25-32,49H,10-15,22-24,33-35H2,1-9H3. The molecule has 0 fully saturated rings. The summed E-state index contributed by atoms with van der Waals surface area (Å²) < 4.78 is 0. The lowest BCUT2D eigenvalue weighted by Crippen LogP contribution is -2.29. The summed E-state index contributed by atoms with van der Waals surface area (Å²) in [6.07, 6.45) is 13.1. The normalized spacial score (nSPS) is 12.4. The van der Waals surface area contributed by atoms with Gasteiger partial charge in [-0.05, 0) is 130 Å². The van der Waals surface area contributed by atoms with Crippen LogP contribution in [0.15, 0.2) is 84.9 Å². The lowest BCUT2D eigenvalue weighted by Gasteiger charge is -2.35. The number of phenolic OH excluding ortho intramolecular Hbond substituents is 1. The molecule has 0 radical (unpaired) electrons. The molecular weight excluding hydrogens is 593 g/mol. The van der Waals surface area contributed by atoms with Crippen LogP contribution in [0.4, 0.5) is 0 Å². The van der Waals surface area contributed by atoms with Crippen LogP contribution in [-0.4, -0.2) is 5.11 Å². The van der Waals surface area contributed by atoms with Gasteiger partial charge in [-0.25, -0.2) is 0 Å². The van der Waals surface area contributed by atoms with E-state index in [4.69, 9.17) is 0 Å². The Morgan fingerprint density at radius 2 is 0.755 bits per heavy atom. The zero-order valence-corrected chi connectivity index (χ0v) is 32.5. The Kier molecular flexibility index (Phi) is 13.4. The lowest BCUT2D eigenvalue weighted by molar-refractivity contribution is 0.438. The van der Waals surface area contributed by atoms with Crippen molar-refractivity contribution in [1.29, 1.82) is 0 Å². The summed E-state index contributed by atoms with van der Waals surface area (Å²) >= 11 is 0. The fourth-order valence-electron chi connectivity index (χ4n) is 8.26. The van der Waals surface area contributed by atoms with E-state index in [0.717, 1.165) is 44.1 Å². The van der Waals surface area contributed by atoms with Crippen molar-refractivity contribution in [2.24, 2.45) is 0 Å². The number of benzene rings is 4. The molecule has 0 spiro atoms. The Hall–Kier alpha value is -3.32. The zero-order chi connectivity index (χ0) is 35.7. The van der Waals surface area contributed by atoms with Gasteiger partial charge >= 0.3 is 0 Å². The van der Waals surface area contributed by atoms with E-state index in [-0.39, 0.29) is 16.2 Å². The van der Waals surface area contributed by atoms with Gasteiger partial charge in [0.1, 0.15) is 5.75 Å². The first kappa shape index (κ1) is 38.5. The second-order valence-corrected chi connectivity index (χ2v) is 16.7. The average Bonchev–Trinajstić information content (AvgIpc) is 3.08. The first-order chi connectivity index (χ1) is 23.3. The molecule has 264 valence electrons. The first-order valence-corrected chi connectivity index (χ1v) is 19.4. The fourth-order valence-corrected chi connectivity index (χ4v) is 8.26. The number of aromatic hydroxyl groups is 1. The van der Waals surface area contributed by atoms with Crippen LogP contribution in [0, 0.1) is 0 Å². The molecule has 0 saturated carbocycles. The maximum Gasteiger partial charge on any atom is 0.119 e. The highest BCUT2D eigenvalue weighted by Crippen LogP contribution is 2.42. The van der Waals surface area contributed by atoms with Gasteiger partial charge in [0.2, 0.25) is 0 Å². The smallest absolute Gasteiger partial charge is 0.119 e. The molecule has 0 aliphatic carbocycles. The summed E-state index contributed by atoms with van der Waals surface area (Å²) in [6, 6.07) is 31.5. The van der Waals surface area contributed by atoms with Crippen LogP contribution in [0.5, 0.6) is 5.75 Å². The van der Waals surface area contributed by atoms with Gasteiger partial charge in [-0.1, -0.05) is 160 Å². The second kappa shape index (κ2) is 17.1. The molecule has 4 rings (SSSR count). The van der Waals surface area contributed by atoms with Gasteiger partial charge in [0.15, 0.2) is 0 Å². The predicted octanol–water partition coefficient (Wildman–Crippen LogP) is 13.0. The first-order valence-electron chi connectivity index (χ1n) is 19.4. The van der Waals surface area contributed by atoms with Crippen molar-refractivity contribution < 1.29 is 5.11 Å². The van der Waals surface area contributed by atoms with E-state index < -0.39 is 0 Å². The molecule has 0 unspecified atom stereocenters. The van der Waals surface area contributed by atoms with E-state index in [0.29, 0.717) is 5.75 Å². The van der Waals surface area contributed by atoms with Crippen LogP contribution in [0.1, 0.15) is 151 Å². The maximum atomic E-state index is 11.8. The van der Waals surface area contributed by atoms with E-state index >= 15 is 0 Å². The lowest BCUT2D eigenvalue weighted by atomic mass is 9.69. The highest BCUT2D eigenvalue weighted by Gasteiger charge is 2.33. The van der Waals surface area contributed by atoms with E-state index in [2.05, 4.69) is 141 Å². The number of aryl methyl sites for hydroxylation is 3. The third-order valence-electron chi connectivity index (χ3n) is 11.0. The summed E-state index contributed by atoms with van der Waals surface area (Å²) in [5.41, 5.74) is 12.2. The molecule has 0 bridgehead atoms. The summed E-state index contributed by atoms with van der Waals surface area (Å²) in [7, 11) is 0. The van der Waals surface area contributed by atoms with Crippen LogP contribution in [0.25, 0.3) is 0 Å². The van der Waals surface area contributed by atoms with Crippen molar-refractivity contribution in [3.63, 3.8) is 0 Å². The molecule has 49 heavy (non-hydrogen) atoms. The van der Waals surface area contributed by atoms with E-state index in [1.165, 1.54) is 83.0 Å². The maximum absolute atomic E-state index is 11.8. The van der Waals surface area contributed by atoms with Gasteiger partial charge in [-0.2, -0.15) is 0 Å². The zero-order valence-electron chi connectivity index (χ0n) is 32.5. The summed E-state index contributed by atoms with van der Waals surface area (Å²) in [4.78, 5) is 0. The van der Waals surface area contributed by atoms with Crippen molar-refractivity contribution in [2.45, 2.75) is 156 Å². The molecule has 1 nitrogen and oxygen atoms in total. The van der Waals surface area contributed by atoms with Crippen LogP contribution in [0.2, 0.25) is 0 Å². The Bertz CT molecular complexity index is 1630. The van der Waals surface area contributed by atoms with Crippen LogP contribution >= 0.6 is 0 Å². The van der Waals surface area contributed by atoms with Gasteiger partial charge < -0.3 is 5.11 Å². The molecule has 4 aromatic rings. The van der Waals surface area contributed by atoms with E-state index in [1.807, 2.05) is 6.07 Å². The van der Waals surface area contributed by atoms with Crippen molar-refractivity contribution in [1.82, 2.24) is 0 Å². The number of phenols is 1. The molecule has 0 amide bonds. The Morgan fingerprint density at radius 1 is 0.408 bits per heavy atom. The number of unbranched alkanes of at least 4 members (excludes halogenated alkanes) is 3. The van der Waals surface area contributed by atoms with Gasteiger partial charge in [0, 0.05) is 0 Å². The number of rotatable bonds is 18. The molecule has 1 heteroatoms. The fraction of sp³-hybridized carbons (Fsp3) is 0.500. The molecule has 0 saturated heterocycles. The SMILES string of the molecule is CCCCc1ccccc1C(C)(C)Cc1ccc(O)c(CC(C)(C)c2ccccc2CCCC)c1CC(C)(C)c1ccccc1CCCC. The molecule has 0 atom stereocenters.